The van der Waals surface area contributed by atoms with E-state index in [2.05, 4.69) is 44.2 Å². The average molecular weight is 306 g/mol. The first-order valence-corrected chi connectivity index (χ1v) is 8.07. The van der Waals surface area contributed by atoms with Crippen LogP contribution >= 0.6 is 23.4 Å². The van der Waals surface area contributed by atoms with Crippen LogP contribution < -0.4 is 5.73 Å². The highest BCUT2D eigenvalue weighted by molar-refractivity contribution is 7.98. The number of nitrogens with two attached hydrogens (primary N) is 1. The summed E-state index contributed by atoms with van der Waals surface area (Å²) in [6.07, 6.45) is 0. The van der Waals surface area contributed by atoms with Crippen molar-refractivity contribution in [1.82, 2.24) is 0 Å². The third-order valence-corrected chi connectivity index (χ3v) is 4.73. The van der Waals surface area contributed by atoms with E-state index in [1.807, 2.05) is 13.0 Å². The van der Waals surface area contributed by atoms with Gasteiger partial charge >= 0.3 is 0 Å². The first-order chi connectivity index (χ1) is 9.45. The zero-order valence-electron chi connectivity index (χ0n) is 12.1. The molecule has 0 saturated heterocycles. The quantitative estimate of drug-likeness (QED) is 0.779. The lowest BCUT2D eigenvalue weighted by Crippen LogP contribution is -2.04. The summed E-state index contributed by atoms with van der Waals surface area (Å²) < 4.78 is 0. The maximum atomic E-state index is 6.33. The second kappa shape index (κ2) is 6.66. The van der Waals surface area contributed by atoms with Gasteiger partial charge in [0.05, 0.1) is 5.02 Å². The van der Waals surface area contributed by atoms with Crippen LogP contribution in [0.3, 0.4) is 0 Å². The molecule has 0 saturated carbocycles. The molecule has 2 N–H and O–H groups in total. The van der Waals surface area contributed by atoms with Gasteiger partial charge in [-0.25, -0.2) is 0 Å². The number of halogens is 1. The van der Waals surface area contributed by atoms with Crippen molar-refractivity contribution in [3.8, 4) is 0 Å². The Balaban J connectivity index is 2.11. The van der Waals surface area contributed by atoms with E-state index < -0.39 is 0 Å². The molecular weight excluding hydrogens is 286 g/mol. The summed E-state index contributed by atoms with van der Waals surface area (Å²) in [5.74, 6) is 0.930. The minimum absolute atomic E-state index is 0.0194. The molecule has 0 heterocycles. The van der Waals surface area contributed by atoms with Crippen molar-refractivity contribution < 1.29 is 0 Å². The number of thioether (sulfide) groups is 1. The molecule has 0 radical (unpaired) electrons. The monoisotopic (exact) mass is 305 g/mol. The third kappa shape index (κ3) is 4.02. The molecule has 0 aliphatic carbocycles. The Morgan fingerprint density at radius 1 is 1.10 bits per heavy atom. The van der Waals surface area contributed by atoms with E-state index in [0.29, 0.717) is 0 Å². The highest BCUT2D eigenvalue weighted by atomic mass is 35.5. The molecule has 2 rings (SSSR count). The van der Waals surface area contributed by atoms with Gasteiger partial charge in [0.2, 0.25) is 0 Å². The van der Waals surface area contributed by atoms with Gasteiger partial charge in [-0.1, -0.05) is 47.0 Å². The van der Waals surface area contributed by atoms with Crippen molar-refractivity contribution in [2.75, 3.05) is 0 Å². The standard InChI is InChI=1S/C17H20ClNS/c1-11-6-12(2)8-14(7-11)10-20-17-5-4-15(13(3)19)9-16(17)18/h4-9,13H,10,19H2,1-3H3/t13-/m0/s1. The predicted molar refractivity (Wildman–Crippen MR) is 89.5 cm³/mol. The third-order valence-electron chi connectivity index (χ3n) is 3.16. The van der Waals surface area contributed by atoms with Crippen LogP contribution in [0.1, 0.15) is 35.2 Å². The van der Waals surface area contributed by atoms with Gasteiger partial charge < -0.3 is 5.73 Å². The Bertz CT molecular complexity index is 588. The van der Waals surface area contributed by atoms with Gasteiger partial charge in [0, 0.05) is 16.7 Å². The van der Waals surface area contributed by atoms with Gasteiger partial charge in [-0.15, -0.1) is 11.8 Å². The first kappa shape index (κ1) is 15.4. The van der Waals surface area contributed by atoms with Crippen LogP contribution in [0.5, 0.6) is 0 Å². The predicted octanol–water partition coefficient (Wildman–Crippen LogP) is 5.27. The Kier molecular flexibility index (Phi) is 5.14. The normalized spacial score (nSPS) is 12.4. The molecule has 0 aliphatic heterocycles. The summed E-state index contributed by atoms with van der Waals surface area (Å²) in [6.45, 7) is 6.23. The molecule has 1 atom stereocenters. The Morgan fingerprint density at radius 3 is 2.30 bits per heavy atom. The largest absolute Gasteiger partial charge is 0.324 e. The molecule has 2 aromatic rings. The van der Waals surface area contributed by atoms with E-state index in [4.69, 9.17) is 17.3 Å². The highest BCUT2D eigenvalue weighted by Crippen LogP contribution is 2.31. The Morgan fingerprint density at radius 2 is 1.75 bits per heavy atom. The van der Waals surface area contributed by atoms with Crippen molar-refractivity contribution in [3.05, 3.63) is 63.7 Å². The average Bonchev–Trinajstić information content (AvgIpc) is 2.36. The van der Waals surface area contributed by atoms with Crippen LogP contribution in [0.15, 0.2) is 41.3 Å². The van der Waals surface area contributed by atoms with E-state index in [0.717, 1.165) is 21.2 Å². The molecule has 0 aromatic heterocycles. The molecule has 0 amide bonds. The number of hydrogen-bond acceptors (Lipinski definition) is 2. The van der Waals surface area contributed by atoms with E-state index in [1.165, 1.54) is 16.7 Å². The smallest absolute Gasteiger partial charge is 0.0545 e. The number of benzene rings is 2. The number of aryl methyl sites for hydroxylation is 2. The zero-order chi connectivity index (χ0) is 14.7. The Labute approximate surface area is 130 Å². The zero-order valence-corrected chi connectivity index (χ0v) is 13.7. The highest BCUT2D eigenvalue weighted by Gasteiger charge is 2.06. The number of rotatable bonds is 4. The van der Waals surface area contributed by atoms with Crippen molar-refractivity contribution in [1.29, 1.82) is 0 Å². The molecule has 1 nitrogen and oxygen atoms in total. The van der Waals surface area contributed by atoms with Crippen molar-refractivity contribution >= 4 is 23.4 Å². The minimum Gasteiger partial charge on any atom is -0.324 e. The molecule has 2 aromatic carbocycles. The summed E-state index contributed by atoms with van der Waals surface area (Å²) in [5.41, 5.74) is 10.9. The molecule has 0 unspecified atom stereocenters. The van der Waals surface area contributed by atoms with Crippen LogP contribution in [-0.2, 0) is 5.75 Å². The molecule has 0 aliphatic rings. The van der Waals surface area contributed by atoms with Gasteiger partial charge in [-0.05, 0) is 44.0 Å². The second-order valence-corrected chi connectivity index (χ2v) is 6.69. The molecule has 20 heavy (non-hydrogen) atoms. The van der Waals surface area contributed by atoms with Gasteiger partial charge in [0.1, 0.15) is 0 Å². The minimum atomic E-state index is 0.0194. The fraction of sp³-hybridized carbons (Fsp3) is 0.294. The second-order valence-electron chi connectivity index (χ2n) is 5.26. The summed E-state index contributed by atoms with van der Waals surface area (Å²) in [5, 5.41) is 0.786. The van der Waals surface area contributed by atoms with Gasteiger partial charge in [-0.2, -0.15) is 0 Å². The fourth-order valence-electron chi connectivity index (χ4n) is 2.23. The van der Waals surface area contributed by atoms with Crippen LogP contribution in [0.4, 0.5) is 0 Å². The molecule has 0 bridgehead atoms. The lowest BCUT2D eigenvalue weighted by atomic mass is 10.1. The summed E-state index contributed by atoms with van der Waals surface area (Å²) in [4.78, 5) is 1.11. The molecular formula is C17H20ClNS. The summed E-state index contributed by atoms with van der Waals surface area (Å²) in [7, 11) is 0. The lowest BCUT2D eigenvalue weighted by Gasteiger charge is -2.10. The van der Waals surface area contributed by atoms with Crippen molar-refractivity contribution in [2.24, 2.45) is 5.73 Å². The Hall–Kier alpha value is -0.960. The molecule has 106 valence electrons. The van der Waals surface area contributed by atoms with Crippen LogP contribution in [0, 0.1) is 13.8 Å². The van der Waals surface area contributed by atoms with E-state index in [-0.39, 0.29) is 6.04 Å². The molecule has 0 fully saturated rings. The molecule has 0 spiro atoms. The van der Waals surface area contributed by atoms with E-state index >= 15 is 0 Å². The lowest BCUT2D eigenvalue weighted by molar-refractivity contribution is 0.817. The van der Waals surface area contributed by atoms with Gasteiger partial charge in [-0.3, -0.25) is 0 Å². The SMILES string of the molecule is Cc1cc(C)cc(CSc2ccc([C@H](C)N)cc2Cl)c1. The van der Waals surface area contributed by atoms with Crippen LogP contribution in [-0.4, -0.2) is 0 Å². The van der Waals surface area contributed by atoms with Crippen molar-refractivity contribution in [2.45, 2.75) is 37.5 Å². The maximum Gasteiger partial charge on any atom is 0.0545 e. The summed E-state index contributed by atoms with van der Waals surface area (Å²) >= 11 is 8.09. The van der Waals surface area contributed by atoms with Crippen LogP contribution in [0.25, 0.3) is 0 Å². The topological polar surface area (TPSA) is 26.0 Å². The van der Waals surface area contributed by atoms with Crippen molar-refractivity contribution in [3.63, 3.8) is 0 Å². The fourth-order valence-corrected chi connectivity index (χ4v) is 3.43. The summed E-state index contributed by atoms with van der Waals surface area (Å²) in [6, 6.07) is 12.8. The number of hydrogen-bond donors (Lipinski definition) is 1. The molecule has 3 heteroatoms. The van der Waals surface area contributed by atoms with E-state index in [1.54, 1.807) is 11.8 Å². The maximum absolute atomic E-state index is 6.33. The van der Waals surface area contributed by atoms with Gasteiger partial charge in [0.25, 0.3) is 0 Å². The van der Waals surface area contributed by atoms with Crippen LogP contribution in [0.2, 0.25) is 5.02 Å². The van der Waals surface area contributed by atoms with E-state index in [9.17, 15) is 0 Å². The van der Waals surface area contributed by atoms with Gasteiger partial charge in [0.15, 0.2) is 0 Å². The first-order valence-electron chi connectivity index (χ1n) is 6.70.